The maximum absolute atomic E-state index is 13.8. The van der Waals surface area contributed by atoms with E-state index in [2.05, 4.69) is 0 Å². The Morgan fingerprint density at radius 1 is 1.12 bits per heavy atom. The normalized spacial score (nSPS) is 10.6. The van der Waals surface area contributed by atoms with E-state index in [0.29, 0.717) is 17.1 Å². The molecule has 2 rings (SSSR count). The highest BCUT2D eigenvalue weighted by atomic mass is 35.5. The van der Waals surface area contributed by atoms with Gasteiger partial charge < -0.3 is 5.73 Å². The minimum Gasteiger partial charge on any atom is -0.326 e. The second kappa shape index (κ2) is 4.86. The summed E-state index contributed by atoms with van der Waals surface area (Å²) in [5.41, 5.74) is 8.90. The molecule has 88 valence electrons. The van der Waals surface area contributed by atoms with Crippen LogP contribution >= 0.6 is 11.6 Å². The molecule has 0 saturated heterocycles. The van der Waals surface area contributed by atoms with Crippen LogP contribution in [-0.4, -0.2) is 0 Å². The molecule has 0 radical (unpaired) electrons. The minimum absolute atomic E-state index is 0.243. The first-order chi connectivity index (χ1) is 8.11. The number of benzene rings is 2. The van der Waals surface area contributed by atoms with Crippen molar-refractivity contribution in [3.8, 4) is 11.1 Å². The lowest BCUT2D eigenvalue weighted by Crippen LogP contribution is -2.00. The molecule has 0 spiro atoms. The highest BCUT2D eigenvalue weighted by Gasteiger charge is 2.09. The molecule has 3 heteroatoms. The number of nitrogens with two attached hydrogens (primary N) is 1. The zero-order chi connectivity index (χ0) is 12.4. The average molecular weight is 250 g/mol. The maximum atomic E-state index is 13.8. The van der Waals surface area contributed by atoms with Gasteiger partial charge in [0, 0.05) is 17.1 Å². The van der Waals surface area contributed by atoms with E-state index in [-0.39, 0.29) is 5.82 Å². The summed E-state index contributed by atoms with van der Waals surface area (Å²) in [5.74, 6) is -0.243. The van der Waals surface area contributed by atoms with Crippen molar-refractivity contribution >= 4 is 11.6 Å². The average Bonchev–Trinajstić information content (AvgIpc) is 2.32. The third-order valence-electron chi connectivity index (χ3n) is 2.70. The Balaban J connectivity index is 2.63. The van der Waals surface area contributed by atoms with E-state index in [0.717, 1.165) is 16.7 Å². The van der Waals surface area contributed by atoms with Crippen LogP contribution in [0, 0.1) is 12.7 Å². The topological polar surface area (TPSA) is 26.0 Å². The molecule has 0 aliphatic rings. The van der Waals surface area contributed by atoms with Crippen LogP contribution in [-0.2, 0) is 6.54 Å². The lowest BCUT2D eigenvalue weighted by molar-refractivity contribution is 0.630. The van der Waals surface area contributed by atoms with E-state index in [1.165, 1.54) is 6.07 Å². The maximum Gasteiger partial charge on any atom is 0.131 e. The van der Waals surface area contributed by atoms with Gasteiger partial charge in [-0.1, -0.05) is 29.3 Å². The van der Waals surface area contributed by atoms with Gasteiger partial charge in [0.25, 0.3) is 0 Å². The summed E-state index contributed by atoms with van der Waals surface area (Å²) in [6.45, 7) is 2.27. The van der Waals surface area contributed by atoms with Gasteiger partial charge in [-0.05, 0) is 42.3 Å². The van der Waals surface area contributed by atoms with Gasteiger partial charge in [0.2, 0.25) is 0 Å². The first-order valence-corrected chi connectivity index (χ1v) is 5.74. The number of halogens is 2. The summed E-state index contributed by atoms with van der Waals surface area (Å²) in [4.78, 5) is 0. The number of hydrogen-bond donors (Lipinski definition) is 1. The lowest BCUT2D eigenvalue weighted by atomic mass is 9.98. The molecule has 2 N–H and O–H groups in total. The monoisotopic (exact) mass is 249 g/mol. The van der Waals surface area contributed by atoms with Crippen molar-refractivity contribution in [2.75, 3.05) is 0 Å². The van der Waals surface area contributed by atoms with Crippen molar-refractivity contribution in [3.63, 3.8) is 0 Å². The fourth-order valence-corrected chi connectivity index (χ4v) is 2.03. The van der Waals surface area contributed by atoms with E-state index in [9.17, 15) is 4.39 Å². The molecule has 0 aliphatic heterocycles. The molecule has 0 unspecified atom stereocenters. The molecular formula is C14H13ClFN. The molecule has 0 aromatic heterocycles. The second-order valence-corrected chi connectivity index (χ2v) is 4.43. The largest absolute Gasteiger partial charge is 0.326 e. The van der Waals surface area contributed by atoms with Gasteiger partial charge in [-0.15, -0.1) is 0 Å². The zero-order valence-electron chi connectivity index (χ0n) is 9.50. The SMILES string of the molecule is Cc1ccc(F)c(-c2ccc(Cl)cc2CN)c1. The lowest BCUT2D eigenvalue weighted by Gasteiger charge is -2.10. The summed E-state index contributed by atoms with van der Waals surface area (Å²) in [6.07, 6.45) is 0. The van der Waals surface area contributed by atoms with Crippen molar-refractivity contribution in [1.29, 1.82) is 0 Å². The Kier molecular flexibility index (Phi) is 3.46. The third kappa shape index (κ3) is 2.48. The molecule has 0 atom stereocenters. The zero-order valence-corrected chi connectivity index (χ0v) is 10.3. The van der Waals surface area contributed by atoms with Gasteiger partial charge in [-0.2, -0.15) is 0 Å². The molecule has 17 heavy (non-hydrogen) atoms. The summed E-state index contributed by atoms with van der Waals surface area (Å²) in [6, 6.07) is 10.4. The van der Waals surface area contributed by atoms with Crippen LogP contribution in [0.4, 0.5) is 4.39 Å². The van der Waals surface area contributed by atoms with Crippen LogP contribution < -0.4 is 5.73 Å². The molecule has 0 fully saturated rings. The molecule has 0 amide bonds. The fraction of sp³-hybridized carbons (Fsp3) is 0.143. The van der Waals surface area contributed by atoms with E-state index in [1.807, 2.05) is 19.1 Å². The van der Waals surface area contributed by atoms with Gasteiger partial charge >= 0.3 is 0 Å². The van der Waals surface area contributed by atoms with Gasteiger partial charge in [-0.3, -0.25) is 0 Å². The van der Waals surface area contributed by atoms with E-state index < -0.39 is 0 Å². The Morgan fingerprint density at radius 3 is 2.59 bits per heavy atom. The summed E-state index contributed by atoms with van der Waals surface area (Å²) in [5, 5.41) is 0.613. The summed E-state index contributed by atoms with van der Waals surface area (Å²) >= 11 is 5.90. The smallest absolute Gasteiger partial charge is 0.131 e. The van der Waals surface area contributed by atoms with Crippen LogP contribution in [0.2, 0.25) is 5.02 Å². The molecule has 2 aromatic carbocycles. The molecule has 0 saturated carbocycles. The molecule has 0 bridgehead atoms. The summed E-state index contributed by atoms with van der Waals surface area (Å²) < 4.78 is 13.8. The highest BCUT2D eigenvalue weighted by molar-refractivity contribution is 6.30. The van der Waals surface area contributed by atoms with E-state index in [1.54, 1.807) is 18.2 Å². The standard InChI is InChI=1S/C14H13ClFN/c1-9-2-5-14(16)13(6-9)12-4-3-11(15)7-10(12)8-17/h2-7H,8,17H2,1H3. The van der Waals surface area contributed by atoms with Crippen molar-refractivity contribution < 1.29 is 4.39 Å². The van der Waals surface area contributed by atoms with Crippen LogP contribution in [0.25, 0.3) is 11.1 Å². The fourth-order valence-electron chi connectivity index (χ4n) is 1.84. The third-order valence-corrected chi connectivity index (χ3v) is 2.93. The number of hydrogen-bond acceptors (Lipinski definition) is 1. The Bertz CT molecular complexity index is 552. The predicted molar refractivity (Wildman–Crippen MR) is 69.5 cm³/mol. The minimum atomic E-state index is -0.243. The Hall–Kier alpha value is -1.38. The van der Waals surface area contributed by atoms with Crippen molar-refractivity contribution in [2.45, 2.75) is 13.5 Å². The number of rotatable bonds is 2. The Morgan fingerprint density at radius 2 is 1.88 bits per heavy atom. The Labute approximate surface area is 105 Å². The molecular weight excluding hydrogens is 237 g/mol. The highest BCUT2D eigenvalue weighted by Crippen LogP contribution is 2.29. The predicted octanol–water partition coefficient (Wildman–Crippen LogP) is 3.91. The molecule has 0 aliphatic carbocycles. The molecule has 2 aromatic rings. The van der Waals surface area contributed by atoms with Crippen LogP contribution in [0.5, 0.6) is 0 Å². The van der Waals surface area contributed by atoms with Gasteiger partial charge in [0.1, 0.15) is 5.82 Å². The first-order valence-electron chi connectivity index (χ1n) is 5.37. The quantitative estimate of drug-likeness (QED) is 0.858. The van der Waals surface area contributed by atoms with E-state index in [4.69, 9.17) is 17.3 Å². The van der Waals surface area contributed by atoms with Crippen molar-refractivity contribution in [2.24, 2.45) is 5.73 Å². The van der Waals surface area contributed by atoms with E-state index >= 15 is 0 Å². The second-order valence-electron chi connectivity index (χ2n) is 3.99. The van der Waals surface area contributed by atoms with Gasteiger partial charge in [0.15, 0.2) is 0 Å². The van der Waals surface area contributed by atoms with Crippen molar-refractivity contribution in [1.82, 2.24) is 0 Å². The van der Waals surface area contributed by atoms with Gasteiger partial charge in [0.05, 0.1) is 0 Å². The molecule has 0 heterocycles. The molecule has 1 nitrogen and oxygen atoms in total. The van der Waals surface area contributed by atoms with Crippen LogP contribution in [0.15, 0.2) is 36.4 Å². The van der Waals surface area contributed by atoms with Crippen molar-refractivity contribution in [3.05, 3.63) is 58.4 Å². The van der Waals surface area contributed by atoms with Crippen LogP contribution in [0.1, 0.15) is 11.1 Å². The first kappa shape index (κ1) is 12.1. The summed E-state index contributed by atoms with van der Waals surface area (Å²) in [7, 11) is 0. The number of aryl methyl sites for hydroxylation is 1. The van der Waals surface area contributed by atoms with Crippen LogP contribution in [0.3, 0.4) is 0 Å². The van der Waals surface area contributed by atoms with Gasteiger partial charge in [-0.25, -0.2) is 4.39 Å².